The molecule has 3 aromatic rings. The fraction of sp³-hybridized carbons (Fsp3) is 0.462. The van der Waals surface area contributed by atoms with E-state index < -0.39 is 17.3 Å². The lowest BCUT2D eigenvalue weighted by molar-refractivity contribution is -0.147. The predicted molar refractivity (Wildman–Crippen MR) is 131 cm³/mol. The number of aryl methyl sites for hydroxylation is 2. The largest absolute Gasteiger partial charge is 0.481 e. The van der Waals surface area contributed by atoms with Crippen LogP contribution >= 0.6 is 0 Å². The Morgan fingerprint density at radius 1 is 1.06 bits per heavy atom. The second-order valence-electron chi connectivity index (χ2n) is 9.77. The van der Waals surface area contributed by atoms with Gasteiger partial charge in [-0.3, -0.25) is 4.79 Å². The number of hydrogen-bond donors (Lipinski definition) is 2. The first kappa shape index (κ1) is 24.1. The van der Waals surface area contributed by atoms with Crippen molar-refractivity contribution in [2.75, 3.05) is 23.3 Å². The first-order valence-corrected chi connectivity index (χ1v) is 12.2. The predicted octanol–water partition coefficient (Wildman–Crippen LogP) is 5.62. The Bertz CT molecular complexity index is 1250. The van der Waals surface area contributed by atoms with Crippen LogP contribution < -0.4 is 10.2 Å². The number of aliphatic carboxylic acids is 1. The minimum absolute atomic E-state index is 0.138. The Kier molecular flexibility index (Phi) is 6.13. The van der Waals surface area contributed by atoms with Crippen LogP contribution in [0.2, 0.25) is 0 Å². The first-order chi connectivity index (χ1) is 17.2. The van der Waals surface area contributed by atoms with E-state index in [1.807, 2.05) is 36.1 Å². The molecule has 8 nitrogen and oxygen atoms in total. The summed E-state index contributed by atoms with van der Waals surface area (Å²) in [6.07, 6.45) is 2.17. The van der Waals surface area contributed by atoms with E-state index in [2.05, 4.69) is 20.4 Å². The highest BCUT2D eigenvalue weighted by atomic mass is 19.3. The standard InChI is InChI=1S/C26H29F2N5O3/c1-16-22(17(2)36-32-16)20-15-21(33-13-4-11-26(27,28)12-14-33)31-24(30-20)29-19-7-5-18(6-8-19)25(23(34)35)9-3-10-25/h5-8,15H,3-4,9-14H2,1-2H3,(H,34,35)(H,29,30,31). The number of rotatable bonds is 6. The van der Waals surface area contributed by atoms with Gasteiger partial charge in [0, 0.05) is 37.7 Å². The Morgan fingerprint density at radius 2 is 1.81 bits per heavy atom. The lowest BCUT2D eigenvalue weighted by atomic mass is 9.64. The third kappa shape index (κ3) is 4.52. The summed E-state index contributed by atoms with van der Waals surface area (Å²) in [7, 11) is 0. The number of carboxylic acids is 1. The van der Waals surface area contributed by atoms with Gasteiger partial charge in [-0.1, -0.05) is 23.7 Å². The molecule has 5 rings (SSSR count). The van der Waals surface area contributed by atoms with Crippen molar-refractivity contribution < 1.29 is 23.2 Å². The van der Waals surface area contributed by atoms with Gasteiger partial charge in [-0.05, 0) is 50.8 Å². The summed E-state index contributed by atoms with van der Waals surface area (Å²) in [4.78, 5) is 23.0. The third-order valence-corrected chi connectivity index (χ3v) is 7.35. The highest BCUT2D eigenvalue weighted by molar-refractivity contribution is 5.83. The van der Waals surface area contributed by atoms with E-state index in [9.17, 15) is 18.7 Å². The zero-order valence-corrected chi connectivity index (χ0v) is 20.4. The molecule has 10 heteroatoms. The summed E-state index contributed by atoms with van der Waals surface area (Å²) in [5.41, 5.74) is 2.68. The van der Waals surface area contributed by atoms with Crippen LogP contribution in [0.4, 0.5) is 26.2 Å². The summed E-state index contributed by atoms with van der Waals surface area (Å²) in [5, 5.41) is 16.9. The molecule has 0 bridgehead atoms. The molecule has 3 heterocycles. The average Bonchev–Trinajstić information content (AvgIpc) is 3.02. The van der Waals surface area contributed by atoms with Crippen molar-refractivity contribution in [2.45, 2.75) is 63.7 Å². The van der Waals surface area contributed by atoms with Gasteiger partial charge in [-0.25, -0.2) is 13.8 Å². The van der Waals surface area contributed by atoms with Crippen LogP contribution in [-0.4, -0.2) is 45.2 Å². The molecule has 36 heavy (non-hydrogen) atoms. The molecule has 190 valence electrons. The Morgan fingerprint density at radius 3 is 2.42 bits per heavy atom. The number of benzene rings is 1. The maximum atomic E-state index is 14.0. The van der Waals surface area contributed by atoms with Crippen molar-refractivity contribution >= 4 is 23.4 Å². The lowest BCUT2D eigenvalue weighted by Crippen LogP contribution is -2.42. The van der Waals surface area contributed by atoms with Crippen LogP contribution in [-0.2, 0) is 10.2 Å². The Hall–Kier alpha value is -3.56. The van der Waals surface area contributed by atoms with Crippen molar-refractivity contribution in [3.63, 3.8) is 0 Å². The molecule has 0 amide bonds. The topological polar surface area (TPSA) is 104 Å². The molecular formula is C26H29F2N5O3. The zero-order valence-electron chi connectivity index (χ0n) is 20.4. The molecule has 0 atom stereocenters. The number of nitrogens with zero attached hydrogens (tertiary/aromatic N) is 4. The van der Waals surface area contributed by atoms with Crippen LogP contribution in [0.25, 0.3) is 11.3 Å². The van der Waals surface area contributed by atoms with Crippen molar-refractivity contribution in [2.24, 2.45) is 0 Å². The highest BCUT2D eigenvalue weighted by Crippen LogP contribution is 2.44. The smallest absolute Gasteiger partial charge is 0.314 e. The van der Waals surface area contributed by atoms with Crippen molar-refractivity contribution in [1.29, 1.82) is 0 Å². The van der Waals surface area contributed by atoms with Crippen molar-refractivity contribution in [3.05, 3.63) is 47.3 Å². The number of nitrogens with one attached hydrogen (secondary N) is 1. The monoisotopic (exact) mass is 497 g/mol. The van der Waals surface area contributed by atoms with Crippen molar-refractivity contribution in [3.8, 4) is 11.3 Å². The van der Waals surface area contributed by atoms with Gasteiger partial charge in [-0.15, -0.1) is 0 Å². The number of anilines is 3. The van der Waals surface area contributed by atoms with Crippen LogP contribution in [0, 0.1) is 13.8 Å². The molecule has 1 saturated carbocycles. The number of alkyl halides is 2. The fourth-order valence-electron chi connectivity index (χ4n) is 5.08. The van der Waals surface area contributed by atoms with Crippen LogP contribution in [0.1, 0.15) is 55.5 Å². The second kappa shape index (κ2) is 9.15. The fourth-order valence-corrected chi connectivity index (χ4v) is 5.08. The third-order valence-electron chi connectivity index (χ3n) is 7.35. The maximum Gasteiger partial charge on any atom is 0.314 e. The van der Waals surface area contributed by atoms with E-state index in [1.165, 1.54) is 0 Å². The molecule has 0 radical (unpaired) electrons. The van der Waals surface area contributed by atoms with Crippen LogP contribution in [0.15, 0.2) is 34.9 Å². The number of halogens is 2. The van der Waals surface area contributed by atoms with E-state index in [-0.39, 0.29) is 19.4 Å². The van der Waals surface area contributed by atoms with E-state index in [1.54, 1.807) is 13.0 Å². The molecule has 1 saturated heterocycles. The highest BCUT2D eigenvalue weighted by Gasteiger charge is 2.45. The Balaban J connectivity index is 1.47. The molecule has 2 aromatic heterocycles. The Labute approximate surface area is 207 Å². The summed E-state index contributed by atoms with van der Waals surface area (Å²) in [6.45, 7) is 4.29. The van der Waals surface area contributed by atoms with E-state index >= 15 is 0 Å². The van der Waals surface area contributed by atoms with Gasteiger partial charge in [0.25, 0.3) is 0 Å². The van der Waals surface area contributed by atoms with Gasteiger partial charge in [0.1, 0.15) is 11.6 Å². The normalized spacial score (nSPS) is 18.8. The van der Waals surface area contributed by atoms with E-state index in [0.717, 1.165) is 17.5 Å². The molecule has 0 spiro atoms. The number of carbonyl (C=O) groups is 1. The van der Waals surface area contributed by atoms with Gasteiger partial charge >= 0.3 is 5.97 Å². The summed E-state index contributed by atoms with van der Waals surface area (Å²) >= 11 is 0. The second-order valence-corrected chi connectivity index (χ2v) is 9.77. The van der Waals surface area contributed by atoms with E-state index in [0.29, 0.717) is 60.4 Å². The van der Waals surface area contributed by atoms with Gasteiger partial charge in [0.2, 0.25) is 11.9 Å². The molecule has 1 aliphatic heterocycles. The molecule has 1 aliphatic carbocycles. The minimum atomic E-state index is -2.68. The van der Waals surface area contributed by atoms with Crippen LogP contribution in [0.5, 0.6) is 0 Å². The van der Waals surface area contributed by atoms with Gasteiger partial charge in [0.05, 0.1) is 22.4 Å². The average molecular weight is 498 g/mol. The van der Waals surface area contributed by atoms with Gasteiger partial charge in [-0.2, -0.15) is 4.98 Å². The number of aromatic nitrogens is 3. The van der Waals surface area contributed by atoms with Gasteiger partial charge < -0.3 is 19.8 Å². The number of carboxylic acid groups (broad SMARTS) is 1. The van der Waals surface area contributed by atoms with Gasteiger partial charge in [0.15, 0.2) is 0 Å². The SMILES string of the molecule is Cc1noc(C)c1-c1cc(N2CCCC(F)(F)CC2)nc(Nc2ccc(C3(C(=O)O)CCC3)cc2)n1. The lowest BCUT2D eigenvalue weighted by Gasteiger charge is -2.38. The first-order valence-electron chi connectivity index (χ1n) is 12.2. The van der Waals surface area contributed by atoms with E-state index in [4.69, 9.17) is 4.52 Å². The summed E-state index contributed by atoms with van der Waals surface area (Å²) < 4.78 is 33.3. The molecular weight excluding hydrogens is 468 g/mol. The quantitative estimate of drug-likeness (QED) is 0.452. The molecule has 2 N–H and O–H groups in total. The molecule has 2 fully saturated rings. The summed E-state index contributed by atoms with van der Waals surface area (Å²) in [5.74, 6) is -2.01. The summed E-state index contributed by atoms with van der Waals surface area (Å²) in [6, 6.07) is 9.07. The maximum absolute atomic E-state index is 14.0. The van der Waals surface area contributed by atoms with Crippen molar-refractivity contribution in [1.82, 2.24) is 15.1 Å². The molecule has 2 aliphatic rings. The zero-order chi connectivity index (χ0) is 25.5. The minimum Gasteiger partial charge on any atom is -0.481 e. The molecule has 1 aromatic carbocycles. The van der Waals surface area contributed by atoms with Crippen LogP contribution in [0.3, 0.4) is 0 Å². The molecule has 0 unspecified atom stereocenters. The number of hydrogen-bond acceptors (Lipinski definition) is 7.